The van der Waals surface area contributed by atoms with Crippen LogP contribution in [0.5, 0.6) is 0 Å². The Morgan fingerprint density at radius 1 is 1.44 bits per heavy atom. The van der Waals surface area contributed by atoms with Gasteiger partial charge in [-0.05, 0) is 36.8 Å². The van der Waals surface area contributed by atoms with Gasteiger partial charge in [0, 0.05) is 18.7 Å². The first-order valence-corrected chi connectivity index (χ1v) is 6.58. The highest BCUT2D eigenvalue weighted by atomic mass is 19.1. The normalized spacial score (nSPS) is 16.3. The van der Waals surface area contributed by atoms with E-state index in [-0.39, 0.29) is 5.82 Å². The second-order valence-electron chi connectivity index (χ2n) is 5.27. The van der Waals surface area contributed by atoms with Crippen LogP contribution in [0.1, 0.15) is 43.7 Å². The Morgan fingerprint density at radius 3 is 2.78 bits per heavy atom. The van der Waals surface area contributed by atoms with E-state index in [2.05, 4.69) is 12.2 Å². The average Bonchev–Trinajstić information content (AvgIpc) is 3.12. The Labute approximate surface area is 108 Å². The van der Waals surface area contributed by atoms with E-state index in [9.17, 15) is 4.39 Å². The third-order valence-electron chi connectivity index (χ3n) is 3.74. The molecule has 1 fully saturated rings. The molecule has 0 amide bonds. The number of hydrogen-bond donors (Lipinski definition) is 1. The fraction of sp³-hybridized carbons (Fsp3) is 0.533. The molecule has 1 N–H and O–H groups in total. The standard InChI is InChI=1S/C15H19FN2/c1-2-5-15(6-7-15)11-18-10-13-4-3-12(9-17)8-14(13)16/h3-4,8,18H,2,5-7,10-11H2,1H3. The molecule has 1 saturated carbocycles. The Bertz CT molecular complexity index is 458. The molecule has 1 aliphatic rings. The third-order valence-corrected chi connectivity index (χ3v) is 3.74. The summed E-state index contributed by atoms with van der Waals surface area (Å²) in [6, 6.07) is 6.60. The van der Waals surface area contributed by atoms with Crippen LogP contribution in [-0.4, -0.2) is 6.54 Å². The van der Waals surface area contributed by atoms with Gasteiger partial charge in [-0.1, -0.05) is 19.4 Å². The van der Waals surface area contributed by atoms with Crippen molar-refractivity contribution < 1.29 is 4.39 Å². The molecule has 0 unspecified atom stereocenters. The van der Waals surface area contributed by atoms with Gasteiger partial charge in [0.15, 0.2) is 0 Å². The molecule has 2 nitrogen and oxygen atoms in total. The molecule has 96 valence electrons. The van der Waals surface area contributed by atoms with E-state index in [1.165, 1.54) is 31.7 Å². The zero-order valence-corrected chi connectivity index (χ0v) is 10.8. The summed E-state index contributed by atoms with van der Waals surface area (Å²) in [5.74, 6) is -0.290. The van der Waals surface area contributed by atoms with Gasteiger partial charge in [-0.3, -0.25) is 0 Å². The summed E-state index contributed by atoms with van der Waals surface area (Å²) in [5, 5.41) is 12.0. The predicted octanol–water partition coefficient (Wildman–Crippen LogP) is 3.37. The Hall–Kier alpha value is -1.40. The number of nitrogens with zero attached hydrogens (tertiary/aromatic N) is 1. The van der Waals surface area contributed by atoms with Gasteiger partial charge in [-0.15, -0.1) is 0 Å². The molecule has 3 heteroatoms. The average molecular weight is 246 g/mol. The minimum Gasteiger partial charge on any atom is -0.312 e. The molecule has 1 aliphatic carbocycles. The first-order valence-electron chi connectivity index (χ1n) is 6.58. The van der Waals surface area contributed by atoms with E-state index in [0.717, 1.165) is 6.54 Å². The molecule has 1 aromatic carbocycles. The lowest BCUT2D eigenvalue weighted by atomic mass is 10.0. The van der Waals surface area contributed by atoms with Crippen LogP contribution in [0.2, 0.25) is 0 Å². The molecule has 0 heterocycles. The number of hydrogen-bond acceptors (Lipinski definition) is 2. The largest absolute Gasteiger partial charge is 0.312 e. The molecule has 0 spiro atoms. The van der Waals surface area contributed by atoms with Gasteiger partial charge in [0.05, 0.1) is 11.6 Å². The van der Waals surface area contributed by atoms with Crippen LogP contribution in [0.15, 0.2) is 18.2 Å². The van der Waals surface area contributed by atoms with Crippen molar-refractivity contribution in [3.05, 3.63) is 35.1 Å². The van der Waals surface area contributed by atoms with Gasteiger partial charge in [0.2, 0.25) is 0 Å². The second kappa shape index (κ2) is 5.49. The van der Waals surface area contributed by atoms with Crippen LogP contribution in [0, 0.1) is 22.6 Å². The maximum absolute atomic E-state index is 13.6. The van der Waals surface area contributed by atoms with E-state index in [0.29, 0.717) is 23.1 Å². The number of benzene rings is 1. The van der Waals surface area contributed by atoms with Crippen LogP contribution in [-0.2, 0) is 6.54 Å². The van der Waals surface area contributed by atoms with Gasteiger partial charge < -0.3 is 5.32 Å². The fourth-order valence-corrected chi connectivity index (χ4v) is 2.44. The van der Waals surface area contributed by atoms with Crippen LogP contribution in [0.4, 0.5) is 4.39 Å². The van der Waals surface area contributed by atoms with Gasteiger partial charge in [0.1, 0.15) is 5.82 Å². The minimum atomic E-state index is -0.290. The minimum absolute atomic E-state index is 0.290. The zero-order chi connectivity index (χ0) is 13.0. The van der Waals surface area contributed by atoms with Gasteiger partial charge in [-0.2, -0.15) is 5.26 Å². The molecule has 0 bridgehead atoms. The van der Waals surface area contributed by atoms with E-state index < -0.39 is 0 Å². The topological polar surface area (TPSA) is 35.8 Å². The smallest absolute Gasteiger partial charge is 0.129 e. The van der Waals surface area contributed by atoms with Crippen molar-refractivity contribution in [3.8, 4) is 6.07 Å². The highest BCUT2D eigenvalue weighted by molar-refractivity contribution is 5.32. The number of halogens is 1. The Morgan fingerprint density at radius 2 is 2.22 bits per heavy atom. The van der Waals surface area contributed by atoms with E-state index >= 15 is 0 Å². The van der Waals surface area contributed by atoms with Crippen molar-refractivity contribution in [2.75, 3.05) is 6.54 Å². The molecule has 18 heavy (non-hydrogen) atoms. The van der Waals surface area contributed by atoms with E-state index in [4.69, 9.17) is 5.26 Å². The SMILES string of the molecule is CCCC1(CNCc2ccc(C#N)cc2F)CC1. The molecule has 0 aliphatic heterocycles. The van der Waals surface area contributed by atoms with Gasteiger partial charge in [-0.25, -0.2) is 4.39 Å². The zero-order valence-electron chi connectivity index (χ0n) is 10.8. The summed E-state index contributed by atoms with van der Waals surface area (Å²) in [6.07, 6.45) is 5.07. The van der Waals surface area contributed by atoms with E-state index in [1.54, 1.807) is 12.1 Å². The van der Waals surface area contributed by atoms with Gasteiger partial charge >= 0.3 is 0 Å². The maximum Gasteiger partial charge on any atom is 0.129 e. The molecule has 0 saturated heterocycles. The lowest BCUT2D eigenvalue weighted by Crippen LogP contribution is -2.24. The molecular formula is C15H19FN2. The van der Waals surface area contributed by atoms with Crippen LogP contribution < -0.4 is 5.32 Å². The molecule has 0 radical (unpaired) electrons. The van der Waals surface area contributed by atoms with E-state index in [1.807, 2.05) is 6.07 Å². The molecular weight excluding hydrogens is 227 g/mol. The van der Waals surface area contributed by atoms with Crippen molar-refractivity contribution in [2.45, 2.75) is 39.2 Å². The van der Waals surface area contributed by atoms with Crippen molar-refractivity contribution in [3.63, 3.8) is 0 Å². The number of nitriles is 1. The summed E-state index contributed by atoms with van der Waals surface area (Å²) in [6.45, 7) is 3.73. The quantitative estimate of drug-likeness (QED) is 0.835. The van der Waals surface area contributed by atoms with Crippen molar-refractivity contribution in [1.29, 1.82) is 5.26 Å². The second-order valence-corrected chi connectivity index (χ2v) is 5.27. The number of rotatable bonds is 6. The Balaban J connectivity index is 1.86. The third kappa shape index (κ3) is 3.08. The number of nitrogens with one attached hydrogen (secondary N) is 1. The van der Waals surface area contributed by atoms with Crippen molar-refractivity contribution in [1.82, 2.24) is 5.32 Å². The van der Waals surface area contributed by atoms with Crippen LogP contribution in [0.25, 0.3) is 0 Å². The highest BCUT2D eigenvalue weighted by Crippen LogP contribution is 2.48. The summed E-state index contributed by atoms with van der Waals surface area (Å²) in [5.41, 5.74) is 1.50. The summed E-state index contributed by atoms with van der Waals surface area (Å²) in [4.78, 5) is 0. The fourth-order valence-electron chi connectivity index (χ4n) is 2.44. The first kappa shape index (κ1) is 13.0. The van der Waals surface area contributed by atoms with Crippen LogP contribution >= 0.6 is 0 Å². The summed E-state index contributed by atoms with van der Waals surface area (Å²) >= 11 is 0. The molecule has 0 aromatic heterocycles. The molecule has 1 aromatic rings. The van der Waals surface area contributed by atoms with Crippen molar-refractivity contribution in [2.24, 2.45) is 5.41 Å². The summed E-state index contributed by atoms with van der Waals surface area (Å²) in [7, 11) is 0. The Kier molecular flexibility index (Phi) is 3.98. The monoisotopic (exact) mass is 246 g/mol. The first-order chi connectivity index (χ1) is 8.69. The lowest BCUT2D eigenvalue weighted by molar-refractivity contribution is 0.418. The highest BCUT2D eigenvalue weighted by Gasteiger charge is 2.40. The predicted molar refractivity (Wildman–Crippen MR) is 69.4 cm³/mol. The van der Waals surface area contributed by atoms with Gasteiger partial charge in [0.25, 0.3) is 0 Å². The van der Waals surface area contributed by atoms with Crippen molar-refractivity contribution >= 4 is 0 Å². The maximum atomic E-state index is 13.6. The molecule has 2 rings (SSSR count). The van der Waals surface area contributed by atoms with Crippen LogP contribution in [0.3, 0.4) is 0 Å². The summed E-state index contributed by atoms with van der Waals surface area (Å²) < 4.78 is 13.6. The lowest BCUT2D eigenvalue weighted by Gasteiger charge is -2.15. The molecule has 0 atom stereocenters.